The molecular formula is C19H19FN2O2. The summed E-state index contributed by atoms with van der Waals surface area (Å²) in [4.78, 5) is 26.6. The molecule has 2 aromatic carbocycles. The summed E-state index contributed by atoms with van der Waals surface area (Å²) in [7, 11) is 0. The van der Waals surface area contributed by atoms with E-state index >= 15 is 0 Å². The predicted molar refractivity (Wildman–Crippen MR) is 90.1 cm³/mol. The number of carbonyl (C=O) groups is 2. The number of anilines is 1. The highest BCUT2D eigenvalue weighted by atomic mass is 19.1. The molecule has 1 aliphatic heterocycles. The van der Waals surface area contributed by atoms with Crippen LogP contribution in [0.15, 0.2) is 54.6 Å². The van der Waals surface area contributed by atoms with Crippen LogP contribution in [0.4, 0.5) is 10.1 Å². The second kappa shape index (κ2) is 7.25. The predicted octanol–water partition coefficient (Wildman–Crippen LogP) is 3.32. The van der Waals surface area contributed by atoms with Crippen molar-refractivity contribution in [3.8, 4) is 0 Å². The number of amides is 2. The molecule has 0 spiro atoms. The molecule has 2 aromatic rings. The number of nitrogens with zero attached hydrogens (tertiary/aromatic N) is 1. The first-order valence-corrected chi connectivity index (χ1v) is 8.04. The molecule has 1 saturated heterocycles. The van der Waals surface area contributed by atoms with Crippen LogP contribution in [0.25, 0.3) is 0 Å². The molecule has 0 saturated carbocycles. The van der Waals surface area contributed by atoms with Crippen LogP contribution < -0.4 is 5.32 Å². The molecule has 1 N–H and O–H groups in total. The molecule has 1 aliphatic rings. The SMILES string of the molecule is O=C(Nc1ccccc1)[C@H]1CCCN(C(=O)c2ccc(F)cc2)C1. The molecule has 0 bridgehead atoms. The number of hydrogen-bond acceptors (Lipinski definition) is 2. The fraction of sp³-hybridized carbons (Fsp3) is 0.263. The molecule has 1 heterocycles. The Bertz CT molecular complexity index is 716. The Labute approximate surface area is 140 Å². The van der Waals surface area contributed by atoms with Crippen LogP contribution in [-0.4, -0.2) is 29.8 Å². The number of likely N-dealkylation sites (tertiary alicyclic amines) is 1. The van der Waals surface area contributed by atoms with Gasteiger partial charge in [-0.15, -0.1) is 0 Å². The fourth-order valence-electron chi connectivity index (χ4n) is 2.92. The van der Waals surface area contributed by atoms with Gasteiger partial charge in [0.1, 0.15) is 5.82 Å². The molecule has 124 valence electrons. The van der Waals surface area contributed by atoms with Crippen molar-refractivity contribution < 1.29 is 14.0 Å². The molecule has 0 aromatic heterocycles. The van der Waals surface area contributed by atoms with Crippen molar-refractivity contribution in [1.82, 2.24) is 4.90 Å². The summed E-state index contributed by atoms with van der Waals surface area (Å²) in [5, 5.41) is 2.89. The van der Waals surface area contributed by atoms with E-state index in [9.17, 15) is 14.0 Å². The van der Waals surface area contributed by atoms with Gasteiger partial charge in [0.25, 0.3) is 5.91 Å². The van der Waals surface area contributed by atoms with Gasteiger partial charge in [-0.2, -0.15) is 0 Å². The lowest BCUT2D eigenvalue weighted by Gasteiger charge is -2.32. The molecule has 1 fully saturated rings. The molecule has 5 heteroatoms. The average molecular weight is 326 g/mol. The molecule has 4 nitrogen and oxygen atoms in total. The summed E-state index contributed by atoms with van der Waals surface area (Å²) in [5.41, 5.74) is 1.20. The van der Waals surface area contributed by atoms with Crippen LogP contribution in [0.3, 0.4) is 0 Å². The first kappa shape index (κ1) is 16.2. The van der Waals surface area contributed by atoms with E-state index in [-0.39, 0.29) is 23.5 Å². The maximum atomic E-state index is 13.0. The second-order valence-corrected chi connectivity index (χ2v) is 5.95. The Balaban J connectivity index is 1.64. The van der Waals surface area contributed by atoms with Gasteiger partial charge in [0.2, 0.25) is 5.91 Å². The normalized spacial score (nSPS) is 17.4. The third-order valence-corrected chi connectivity index (χ3v) is 4.21. The number of hydrogen-bond donors (Lipinski definition) is 1. The Hall–Kier alpha value is -2.69. The lowest BCUT2D eigenvalue weighted by molar-refractivity contribution is -0.121. The van der Waals surface area contributed by atoms with E-state index in [1.165, 1.54) is 24.3 Å². The minimum absolute atomic E-state index is 0.0715. The number of piperidine rings is 1. The third kappa shape index (κ3) is 3.79. The summed E-state index contributed by atoms with van der Waals surface area (Å²) in [6.45, 7) is 1.00. The molecular weight excluding hydrogens is 307 g/mol. The summed E-state index contributed by atoms with van der Waals surface area (Å²) in [6, 6.07) is 14.8. The van der Waals surface area contributed by atoms with Crippen molar-refractivity contribution in [1.29, 1.82) is 0 Å². The van der Waals surface area contributed by atoms with Gasteiger partial charge in [-0.3, -0.25) is 9.59 Å². The summed E-state index contributed by atoms with van der Waals surface area (Å²) < 4.78 is 13.0. The molecule has 2 amide bonds. The van der Waals surface area contributed by atoms with Crippen molar-refractivity contribution in [3.05, 3.63) is 66.0 Å². The van der Waals surface area contributed by atoms with Crippen LogP contribution in [-0.2, 0) is 4.79 Å². The van der Waals surface area contributed by atoms with E-state index in [1.807, 2.05) is 30.3 Å². The van der Waals surface area contributed by atoms with Crippen LogP contribution in [0, 0.1) is 11.7 Å². The lowest BCUT2D eigenvalue weighted by Crippen LogP contribution is -2.43. The Morgan fingerprint density at radius 1 is 1.04 bits per heavy atom. The Morgan fingerprint density at radius 2 is 1.75 bits per heavy atom. The van der Waals surface area contributed by atoms with Crippen LogP contribution in [0.2, 0.25) is 0 Å². The van der Waals surface area contributed by atoms with E-state index in [4.69, 9.17) is 0 Å². The number of benzene rings is 2. The molecule has 0 aliphatic carbocycles. The van der Waals surface area contributed by atoms with E-state index in [2.05, 4.69) is 5.32 Å². The first-order valence-electron chi connectivity index (χ1n) is 8.04. The van der Waals surface area contributed by atoms with Crippen molar-refractivity contribution >= 4 is 17.5 Å². The zero-order valence-corrected chi connectivity index (χ0v) is 13.2. The highest BCUT2D eigenvalue weighted by molar-refractivity contribution is 5.96. The zero-order chi connectivity index (χ0) is 16.9. The summed E-state index contributed by atoms with van der Waals surface area (Å²) in [5.74, 6) is -0.835. The van der Waals surface area contributed by atoms with Crippen molar-refractivity contribution in [3.63, 3.8) is 0 Å². The van der Waals surface area contributed by atoms with Gasteiger partial charge in [0, 0.05) is 24.3 Å². The quantitative estimate of drug-likeness (QED) is 0.941. The highest BCUT2D eigenvalue weighted by Gasteiger charge is 2.29. The average Bonchev–Trinajstić information content (AvgIpc) is 2.63. The summed E-state index contributed by atoms with van der Waals surface area (Å²) in [6.07, 6.45) is 1.53. The molecule has 3 rings (SSSR count). The van der Waals surface area contributed by atoms with Gasteiger partial charge < -0.3 is 10.2 Å². The largest absolute Gasteiger partial charge is 0.338 e. The number of para-hydroxylation sites is 1. The maximum Gasteiger partial charge on any atom is 0.253 e. The number of carbonyl (C=O) groups excluding carboxylic acids is 2. The van der Waals surface area contributed by atoms with Gasteiger partial charge >= 0.3 is 0 Å². The van der Waals surface area contributed by atoms with Gasteiger partial charge in [-0.05, 0) is 49.2 Å². The minimum atomic E-state index is -0.370. The van der Waals surface area contributed by atoms with Gasteiger partial charge in [0.05, 0.1) is 5.92 Å². The second-order valence-electron chi connectivity index (χ2n) is 5.95. The number of rotatable bonds is 3. The Kier molecular flexibility index (Phi) is 4.89. The summed E-state index contributed by atoms with van der Waals surface area (Å²) >= 11 is 0. The number of nitrogens with one attached hydrogen (secondary N) is 1. The van der Waals surface area contributed by atoms with Crippen LogP contribution in [0.5, 0.6) is 0 Å². The molecule has 0 radical (unpaired) electrons. The van der Waals surface area contributed by atoms with E-state index in [0.29, 0.717) is 18.7 Å². The van der Waals surface area contributed by atoms with Crippen molar-refractivity contribution in [2.75, 3.05) is 18.4 Å². The van der Waals surface area contributed by atoms with Gasteiger partial charge in [0.15, 0.2) is 0 Å². The van der Waals surface area contributed by atoms with Gasteiger partial charge in [-0.1, -0.05) is 18.2 Å². The third-order valence-electron chi connectivity index (χ3n) is 4.21. The van der Waals surface area contributed by atoms with E-state index in [1.54, 1.807) is 4.90 Å². The Morgan fingerprint density at radius 3 is 2.46 bits per heavy atom. The van der Waals surface area contributed by atoms with Crippen LogP contribution in [0.1, 0.15) is 23.2 Å². The van der Waals surface area contributed by atoms with Crippen LogP contribution >= 0.6 is 0 Å². The number of halogens is 1. The highest BCUT2D eigenvalue weighted by Crippen LogP contribution is 2.20. The van der Waals surface area contributed by atoms with Gasteiger partial charge in [-0.25, -0.2) is 4.39 Å². The first-order chi connectivity index (χ1) is 11.6. The standard InChI is InChI=1S/C19H19FN2O2/c20-16-10-8-14(9-11-16)19(24)22-12-4-5-15(13-22)18(23)21-17-6-2-1-3-7-17/h1-3,6-11,15H,4-5,12-13H2,(H,21,23)/t15-/m0/s1. The van der Waals surface area contributed by atoms with Crippen molar-refractivity contribution in [2.24, 2.45) is 5.92 Å². The van der Waals surface area contributed by atoms with E-state index < -0.39 is 0 Å². The maximum absolute atomic E-state index is 13.0. The fourth-order valence-corrected chi connectivity index (χ4v) is 2.92. The molecule has 0 unspecified atom stereocenters. The topological polar surface area (TPSA) is 49.4 Å². The zero-order valence-electron chi connectivity index (χ0n) is 13.2. The smallest absolute Gasteiger partial charge is 0.253 e. The van der Waals surface area contributed by atoms with E-state index in [0.717, 1.165) is 18.5 Å². The minimum Gasteiger partial charge on any atom is -0.338 e. The van der Waals surface area contributed by atoms with Crippen molar-refractivity contribution in [2.45, 2.75) is 12.8 Å². The molecule has 1 atom stereocenters. The molecule has 24 heavy (non-hydrogen) atoms. The monoisotopic (exact) mass is 326 g/mol. The lowest BCUT2D eigenvalue weighted by atomic mass is 9.96.